The number of furan rings is 1. The molecule has 2 aromatic rings. The van der Waals surface area contributed by atoms with Crippen molar-refractivity contribution in [1.82, 2.24) is 0 Å². The summed E-state index contributed by atoms with van der Waals surface area (Å²) in [4.78, 5) is 12.2. The first-order valence-electron chi connectivity index (χ1n) is 5.96. The highest BCUT2D eigenvalue weighted by Gasteiger charge is 2.16. The number of nitriles is 1. The number of hydrogen-bond donors (Lipinski definition) is 0. The Morgan fingerprint density at radius 3 is 2.70 bits per heavy atom. The number of aryl methyl sites for hydroxylation is 1. The highest BCUT2D eigenvalue weighted by atomic mass is 16.6. The molecule has 0 aliphatic carbocycles. The Balaban J connectivity index is 2.26. The normalized spacial score (nSPS) is 10.1. The molecule has 0 aliphatic heterocycles. The van der Waals surface area contributed by atoms with E-state index in [2.05, 4.69) is 0 Å². The Labute approximate surface area is 116 Å². The maximum atomic E-state index is 10.9. The van der Waals surface area contributed by atoms with Crippen LogP contribution in [0.3, 0.4) is 0 Å². The molecule has 6 nitrogen and oxygen atoms in total. The number of benzene rings is 1. The van der Waals surface area contributed by atoms with Gasteiger partial charge in [0.25, 0.3) is 5.69 Å². The smallest absolute Gasteiger partial charge is 0.289 e. The van der Waals surface area contributed by atoms with Crippen LogP contribution in [0, 0.1) is 28.4 Å². The molecule has 0 saturated carbocycles. The van der Waals surface area contributed by atoms with E-state index in [9.17, 15) is 10.1 Å². The molecule has 0 saturated heterocycles. The summed E-state index contributed by atoms with van der Waals surface area (Å²) in [7, 11) is 1.81. The highest BCUT2D eigenvalue weighted by Crippen LogP contribution is 2.25. The van der Waals surface area contributed by atoms with Gasteiger partial charge in [-0.15, -0.1) is 0 Å². The predicted octanol–water partition coefficient (Wildman–Crippen LogP) is 3.00. The van der Waals surface area contributed by atoms with Gasteiger partial charge in [0.2, 0.25) is 0 Å². The van der Waals surface area contributed by atoms with Crippen molar-refractivity contribution in [1.29, 1.82) is 5.26 Å². The number of rotatable bonds is 4. The van der Waals surface area contributed by atoms with Crippen molar-refractivity contribution < 1.29 is 9.34 Å². The fraction of sp³-hybridized carbons (Fsp3) is 0.214. The fourth-order valence-corrected chi connectivity index (χ4v) is 1.90. The SMILES string of the molecule is Cc1ccc(CN(C)c2ccc(C#N)c([N+](=O)[O-])c2)o1. The van der Waals surface area contributed by atoms with Gasteiger partial charge in [-0.2, -0.15) is 5.26 Å². The van der Waals surface area contributed by atoms with Crippen LogP contribution in [0.4, 0.5) is 11.4 Å². The van der Waals surface area contributed by atoms with Crippen LogP contribution in [0.5, 0.6) is 0 Å². The van der Waals surface area contributed by atoms with Crippen LogP contribution in [-0.4, -0.2) is 12.0 Å². The van der Waals surface area contributed by atoms with Gasteiger partial charge in [0.1, 0.15) is 23.2 Å². The first-order chi connectivity index (χ1) is 9.51. The van der Waals surface area contributed by atoms with Crippen LogP contribution in [-0.2, 0) is 6.54 Å². The van der Waals surface area contributed by atoms with E-state index in [1.54, 1.807) is 6.07 Å². The van der Waals surface area contributed by atoms with Crippen LogP contribution >= 0.6 is 0 Å². The first-order valence-corrected chi connectivity index (χ1v) is 5.96. The second kappa shape index (κ2) is 5.45. The number of hydrogen-bond acceptors (Lipinski definition) is 5. The van der Waals surface area contributed by atoms with Crippen molar-refractivity contribution in [3.05, 3.63) is 57.5 Å². The van der Waals surface area contributed by atoms with Crippen molar-refractivity contribution in [3.63, 3.8) is 0 Å². The standard InChI is InChI=1S/C14H13N3O3/c1-10-3-6-13(20-10)9-16(2)12-5-4-11(8-15)14(7-12)17(18)19/h3-7H,9H2,1-2H3. The lowest BCUT2D eigenvalue weighted by Crippen LogP contribution is -2.16. The third kappa shape index (κ3) is 2.78. The van der Waals surface area contributed by atoms with Crippen LogP contribution in [0.1, 0.15) is 17.1 Å². The van der Waals surface area contributed by atoms with Gasteiger partial charge in [-0.05, 0) is 31.2 Å². The largest absolute Gasteiger partial charge is 0.464 e. The van der Waals surface area contributed by atoms with E-state index in [0.29, 0.717) is 12.2 Å². The van der Waals surface area contributed by atoms with E-state index in [0.717, 1.165) is 11.5 Å². The Morgan fingerprint density at radius 2 is 2.15 bits per heavy atom. The summed E-state index contributed by atoms with van der Waals surface area (Å²) in [5, 5.41) is 19.8. The fourth-order valence-electron chi connectivity index (χ4n) is 1.90. The molecular weight excluding hydrogens is 258 g/mol. The molecule has 0 spiro atoms. The lowest BCUT2D eigenvalue weighted by atomic mass is 10.1. The number of nitrogens with zero attached hydrogens (tertiary/aromatic N) is 3. The molecule has 1 aromatic heterocycles. The monoisotopic (exact) mass is 271 g/mol. The van der Waals surface area contributed by atoms with Gasteiger partial charge in [-0.1, -0.05) is 0 Å². The molecule has 0 radical (unpaired) electrons. The Hall–Kier alpha value is -2.81. The van der Waals surface area contributed by atoms with Gasteiger partial charge >= 0.3 is 0 Å². The van der Waals surface area contributed by atoms with E-state index in [-0.39, 0.29) is 11.3 Å². The average molecular weight is 271 g/mol. The Morgan fingerprint density at radius 1 is 1.40 bits per heavy atom. The maximum Gasteiger partial charge on any atom is 0.289 e. The lowest BCUT2D eigenvalue weighted by molar-refractivity contribution is -0.385. The Bertz CT molecular complexity index is 685. The molecule has 0 atom stereocenters. The molecule has 0 fully saturated rings. The Kier molecular flexibility index (Phi) is 3.71. The highest BCUT2D eigenvalue weighted by molar-refractivity contribution is 5.60. The third-order valence-electron chi connectivity index (χ3n) is 2.93. The van der Waals surface area contributed by atoms with E-state index in [1.807, 2.05) is 37.1 Å². The van der Waals surface area contributed by atoms with Gasteiger partial charge < -0.3 is 9.32 Å². The summed E-state index contributed by atoms with van der Waals surface area (Å²) < 4.78 is 5.47. The van der Waals surface area contributed by atoms with Crippen LogP contribution in [0.2, 0.25) is 0 Å². The minimum absolute atomic E-state index is 0.0565. The minimum atomic E-state index is -0.549. The molecule has 0 N–H and O–H groups in total. The van der Waals surface area contributed by atoms with E-state index in [4.69, 9.17) is 9.68 Å². The number of nitro benzene ring substituents is 1. The molecule has 0 unspecified atom stereocenters. The van der Waals surface area contributed by atoms with Gasteiger partial charge in [0, 0.05) is 18.8 Å². The zero-order valence-electron chi connectivity index (χ0n) is 11.2. The van der Waals surface area contributed by atoms with Crippen molar-refractivity contribution in [2.45, 2.75) is 13.5 Å². The van der Waals surface area contributed by atoms with Gasteiger partial charge in [0.15, 0.2) is 0 Å². The first kappa shape index (κ1) is 13.6. The second-order valence-electron chi connectivity index (χ2n) is 4.44. The van der Waals surface area contributed by atoms with Gasteiger partial charge in [-0.3, -0.25) is 10.1 Å². The molecule has 1 aromatic carbocycles. The zero-order chi connectivity index (χ0) is 14.7. The van der Waals surface area contributed by atoms with E-state index >= 15 is 0 Å². The van der Waals surface area contributed by atoms with Crippen LogP contribution in [0.25, 0.3) is 0 Å². The quantitative estimate of drug-likeness (QED) is 0.630. The van der Waals surface area contributed by atoms with Crippen LogP contribution < -0.4 is 4.90 Å². The molecule has 1 heterocycles. The molecule has 2 rings (SSSR count). The molecule has 0 amide bonds. The van der Waals surface area contributed by atoms with Crippen molar-refractivity contribution in [2.75, 3.05) is 11.9 Å². The van der Waals surface area contributed by atoms with Crippen molar-refractivity contribution in [3.8, 4) is 6.07 Å². The lowest BCUT2D eigenvalue weighted by Gasteiger charge is -2.17. The summed E-state index contributed by atoms with van der Waals surface area (Å²) in [5.74, 6) is 1.59. The summed E-state index contributed by atoms with van der Waals surface area (Å²) in [5.41, 5.74) is 0.526. The second-order valence-corrected chi connectivity index (χ2v) is 4.44. The van der Waals surface area contributed by atoms with Crippen molar-refractivity contribution >= 4 is 11.4 Å². The summed E-state index contributed by atoms with van der Waals surface area (Å²) >= 11 is 0. The average Bonchev–Trinajstić information content (AvgIpc) is 2.83. The van der Waals surface area contributed by atoms with E-state index in [1.165, 1.54) is 12.1 Å². The predicted molar refractivity (Wildman–Crippen MR) is 73.4 cm³/mol. The van der Waals surface area contributed by atoms with Gasteiger partial charge in [0.05, 0.1) is 11.5 Å². The molecule has 6 heteroatoms. The maximum absolute atomic E-state index is 10.9. The summed E-state index contributed by atoms with van der Waals surface area (Å²) in [6.45, 7) is 2.35. The van der Waals surface area contributed by atoms with Crippen LogP contribution in [0.15, 0.2) is 34.7 Å². The molecule has 102 valence electrons. The molecular formula is C14H13N3O3. The summed E-state index contributed by atoms with van der Waals surface area (Å²) in [6, 6.07) is 10.1. The van der Waals surface area contributed by atoms with Crippen molar-refractivity contribution in [2.24, 2.45) is 0 Å². The summed E-state index contributed by atoms with van der Waals surface area (Å²) in [6.07, 6.45) is 0. The number of anilines is 1. The third-order valence-corrected chi connectivity index (χ3v) is 2.93. The van der Waals surface area contributed by atoms with E-state index < -0.39 is 4.92 Å². The van der Waals surface area contributed by atoms with Gasteiger partial charge in [-0.25, -0.2) is 0 Å². The zero-order valence-corrected chi connectivity index (χ0v) is 11.2. The topological polar surface area (TPSA) is 83.3 Å². The number of nitro groups is 1. The minimum Gasteiger partial charge on any atom is -0.464 e. The molecule has 0 aliphatic rings. The molecule has 0 bridgehead atoms. The molecule has 20 heavy (non-hydrogen) atoms.